The number of carbonyl (C=O) groups excluding carboxylic acids is 2. The van der Waals surface area contributed by atoms with Crippen LogP contribution in [0.15, 0.2) is 24.3 Å². The predicted octanol–water partition coefficient (Wildman–Crippen LogP) is 1.26. The van der Waals surface area contributed by atoms with Gasteiger partial charge in [-0.2, -0.15) is 0 Å². The molecule has 0 aliphatic heterocycles. The highest BCUT2D eigenvalue weighted by molar-refractivity contribution is 5.96. The number of amides is 2. The van der Waals surface area contributed by atoms with Gasteiger partial charge in [-0.05, 0) is 37.6 Å². The van der Waals surface area contributed by atoms with Gasteiger partial charge in [0.05, 0.1) is 6.54 Å². The lowest BCUT2D eigenvalue weighted by Gasteiger charge is -2.23. The number of hydrogen-bond acceptors (Lipinski definition) is 3. The van der Waals surface area contributed by atoms with Crippen LogP contribution in [0.4, 0.5) is 5.69 Å². The maximum Gasteiger partial charge on any atom is 0.251 e. The summed E-state index contributed by atoms with van der Waals surface area (Å²) in [5.41, 5.74) is 6.64. The average molecular weight is 263 g/mol. The van der Waals surface area contributed by atoms with Crippen LogP contribution in [0.3, 0.4) is 0 Å². The molecule has 2 amide bonds. The topological polar surface area (TPSA) is 75.4 Å². The number of hydrogen-bond donors (Lipinski definition) is 2. The molecule has 0 bridgehead atoms. The molecule has 0 saturated carbocycles. The van der Waals surface area contributed by atoms with Gasteiger partial charge >= 0.3 is 0 Å². The molecule has 1 aromatic rings. The third-order valence-electron chi connectivity index (χ3n) is 3.22. The van der Waals surface area contributed by atoms with Gasteiger partial charge in [-0.3, -0.25) is 9.59 Å². The molecule has 5 heteroatoms. The van der Waals surface area contributed by atoms with Crippen molar-refractivity contribution in [3.05, 3.63) is 29.8 Å². The minimum atomic E-state index is -0.272. The maximum absolute atomic E-state index is 11.8. The summed E-state index contributed by atoms with van der Waals surface area (Å²) in [6.07, 6.45) is 0.883. The van der Waals surface area contributed by atoms with Crippen LogP contribution in [0.5, 0.6) is 0 Å². The van der Waals surface area contributed by atoms with Gasteiger partial charge in [0.1, 0.15) is 0 Å². The van der Waals surface area contributed by atoms with E-state index < -0.39 is 0 Å². The first-order valence-electron chi connectivity index (χ1n) is 6.35. The highest BCUT2D eigenvalue weighted by Crippen LogP contribution is 2.05. The van der Waals surface area contributed by atoms with E-state index in [-0.39, 0.29) is 24.4 Å². The molecule has 0 aliphatic carbocycles. The van der Waals surface area contributed by atoms with E-state index in [1.807, 2.05) is 13.8 Å². The zero-order valence-electron chi connectivity index (χ0n) is 11.6. The smallest absolute Gasteiger partial charge is 0.251 e. The molecular formula is C14H21N3O2. The van der Waals surface area contributed by atoms with Crippen LogP contribution in [0.25, 0.3) is 0 Å². The number of nitrogens with zero attached hydrogens (tertiary/aromatic N) is 1. The van der Waals surface area contributed by atoms with Crippen molar-refractivity contribution in [2.75, 3.05) is 19.3 Å². The largest absolute Gasteiger partial charge is 0.399 e. The van der Waals surface area contributed by atoms with E-state index in [9.17, 15) is 9.59 Å². The van der Waals surface area contributed by atoms with Crippen molar-refractivity contribution in [3.63, 3.8) is 0 Å². The fourth-order valence-electron chi connectivity index (χ4n) is 1.54. The lowest BCUT2D eigenvalue weighted by molar-refractivity contribution is -0.130. The third kappa shape index (κ3) is 4.28. The molecule has 104 valence electrons. The molecule has 3 N–H and O–H groups in total. The molecule has 0 saturated heterocycles. The molecule has 0 aliphatic rings. The molecule has 0 spiro atoms. The van der Waals surface area contributed by atoms with Crippen LogP contribution in [-0.4, -0.2) is 36.3 Å². The van der Waals surface area contributed by atoms with Crippen molar-refractivity contribution in [1.29, 1.82) is 0 Å². The van der Waals surface area contributed by atoms with E-state index in [1.54, 1.807) is 36.2 Å². The Bertz CT molecular complexity index is 443. The van der Waals surface area contributed by atoms with Crippen LogP contribution < -0.4 is 11.1 Å². The van der Waals surface area contributed by atoms with Crippen molar-refractivity contribution >= 4 is 17.5 Å². The Hall–Kier alpha value is -2.04. The molecule has 1 rings (SSSR count). The van der Waals surface area contributed by atoms with E-state index in [2.05, 4.69) is 5.32 Å². The SMILES string of the molecule is CCC(C)N(C)C(=O)CNC(=O)c1ccc(N)cc1. The molecule has 0 aromatic heterocycles. The van der Waals surface area contributed by atoms with Gasteiger partial charge in [0, 0.05) is 24.3 Å². The van der Waals surface area contributed by atoms with Crippen molar-refractivity contribution in [2.24, 2.45) is 0 Å². The summed E-state index contributed by atoms with van der Waals surface area (Å²) in [4.78, 5) is 25.3. The standard InChI is InChI=1S/C14H21N3O2/c1-4-10(2)17(3)13(18)9-16-14(19)11-5-7-12(15)8-6-11/h5-8,10H,4,9,15H2,1-3H3,(H,16,19). The van der Waals surface area contributed by atoms with E-state index in [0.29, 0.717) is 11.3 Å². The minimum absolute atomic E-state index is 0.00402. The van der Waals surface area contributed by atoms with Crippen molar-refractivity contribution in [1.82, 2.24) is 10.2 Å². The summed E-state index contributed by atoms with van der Waals surface area (Å²) in [7, 11) is 1.74. The molecular weight excluding hydrogens is 242 g/mol. The van der Waals surface area contributed by atoms with Crippen molar-refractivity contribution in [3.8, 4) is 0 Å². The second kappa shape index (κ2) is 6.78. The van der Waals surface area contributed by atoms with Gasteiger partial charge < -0.3 is 16.0 Å². The van der Waals surface area contributed by atoms with Crippen LogP contribution in [0.1, 0.15) is 30.6 Å². The number of rotatable bonds is 5. The molecule has 1 aromatic carbocycles. The first-order valence-corrected chi connectivity index (χ1v) is 6.35. The number of nitrogens with two attached hydrogens (primary N) is 1. The lowest BCUT2D eigenvalue weighted by atomic mass is 10.2. The summed E-state index contributed by atoms with van der Waals surface area (Å²) >= 11 is 0. The lowest BCUT2D eigenvalue weighted by Crippen LogP contribution is -2.42. The molecule has 19 heavy (non-hydrogen) atoms. The Morgan fingerprint density at radius 1 is 1.32 bits per heavy atom. The normalized spacial score (nSPS) is 11.7. The van der Waals surface area contributed by atoms with Gasteiger partial charge in [0.25, 0.3) is 5.91 Å². The molecule has 1 atom stereocenters. The van der Waals surface area contributed by atoms with E-state index in [0.717, 1.165) is 6.42 Å². The summed E-state index contributed by atoms with van der Waals surface area (Å²) in [5, 5.41) is 2.61. The van der Waals surface area contributed by atoms with E-state index in [4.69, 9.17) is 5.73 Å². The van der Waals surface area contributed by atoms with E-state index >= 15 is 0 Å². The molecule has 1 unspecified atom stereocenters. The zero-order valence-corrected chi connectivity index (χ0v) is 11.6. The zero-order chi connectivity index (χ0) is 14.4. The van der Waals surface area contributed by atoms with Crippen LogP contribution in [0.2, 0.25) is 0 Å². The third-order valence-corrected chi connectivity index (χ3v) is 3.22. The maximum atomic E-state index is 11.8. The van der Waals surface area contributed by atoms with Crippen LogP contribution in [0, 0.1) is 0 Å². The molecule has 5 nitrogen and oxygen atoms in total. The Kier molecular flexibility index (Phi) is 5.36. The van der Waals surface area contributed by atoms with Crippen LogP contribution in [-0.2, 0) is 4.79 Å². The number of carbonyl (C=O) groups is 2. The monoisotopic (exact) mass is 263 g/mol. The quantitative estimate of drug-likeness (QED) is 0.785. The number of nitrogen functional groups attached to an aromatic ring is 1. The Morgan fingerprint density at radius 2 is 1.89 bits per heavy atom. The summed E-state index contributed by atoms with van der Waals surface area (Å²) in [5.74, 6) is -0.371. The number of likely N-dealkylation sites (N-methyl/N-ethyl adjacent to an activating group) is 1. The van der Waals surface area contributed by atoms with E-state index in [1.165, 1.54) is 0 Å². The first-order chi connectivity index (χ1) is 8.95. The fraction of sp³-hybridized carbons (Fsp3) is 0.429. The summed E-state index contributed by atoms with van der Waals surface area (Å²) < 4.78 is 0. The van der Waals surface area contributed by atoms with Gasteiger partial charge in [0.15, 0.2) is 0 Å². The first kappa shape index (κ1) is 15.0. The Labute approximate surface area is 113 Å². The molecule has 0 fully saturated rings. The average Bonchev–Trinajstić information content (AvgIpc) is 2.43. The van der Waals surface area contributed by atoms with Gasteiger partial charge in [-0.1, -0.05) is 6.92 Å². The van der Waals surface area contributed by atoms with Gasteiger partial charge in [0.2, 0.25) is 5.91 Å². The Morgan fingerprint density at radius 3 is 2.42 bits per heavy atom. The molecule has 0 radical (unpaired) electrons. The highest BCUT2D eigenvalue weighted by Gasteiger charge is 2.15. The van der Waals surface area contributed by atoms with Crippen molar-refractivity contribution in [2.45, 2.75) is 26.3 Å². The van der Waals surface area contributed by atoms with Gasteiger partial charge in [-0.15, -0.1) is 0 Å². The molecule has 0 heterocycles. The van der Waals surface area contributed by atoms with Gasteiger partial charge in [-0.25, -0.2) is 0 Å². The fourth-order valence-corrected chi connectivity index (χ4v) is 1.54. The second-order valence-electron chi connectivity index (χ2n) is 4.57. The summed E-state index contributed by atoms with van der Waals surface area (Å²) in [6, 6.07) is 6.74. The van der Waals surface area contributed by atoms with Crippen LogP contribution >= 0.6 is 0 Å². The minimum Gasteiger partial charge on any atom is -0.399 e. The summed E-state index contributed by atoms with van der Waals surface area (Å²) in [6.45, 7) is 3.99. The Balaban J connectivity index is 2.50. The number of benzene rings is 1. The number of nitrogens with one attached hydrogen (secondary N) is 1. The highest BCUT2D eigenvalue weighted by atomic mass is 16.2. The predicted molar refractivity (Wildman–Crippen MR) is 75.7 cm³/mol. The van der Waals surface area contributed by atoms with Crippen molar-refractivity contribution < 1.29 is 9.59 Å². The second-order valence-corrected chi connectivity index (χ2v) is 4.57. The number of anilines is 1.